The molecular weight excluding hydrogens is 873 g/mol. The number of nitrogens with two attached hydrogens (primary N) is 3. The van der Waals surface area contributed by atoms with Gasteiger partial charge < -0.3 is 36.9 Å². The maximum atomic E-state index is 14.9. The third-order valence-electron chi connectivity index (χ3n) is 12.7. The van der Waals surface area contributed by atoms with Gasteiger partial charge >= 0.3 is 0 Å². The Hall–Kier alpha value is -6.34. The van der Waals surface area contributed by atoms with E-state index in [0.29, 0.717) is 56.5 Å². The average Bonchev–Trinajstić information content (AvgIpc) is 3.33. The molecule has 69 heavy (non-hydrogen) atoms. The van der Waals surface area contributed by atoms with Crippen molar-refractivity contribution in [3.05, 3.63) is 94.3 Å². The first kappa shape index (κ1) is 53.6. The van der Waals surface area contributed by atoms with Crippen LogP contribution in [0.25, 0.3) is 22.5 Å². The fourth-order valence-corrected chi connectivity index (χ4v) is 8.97. The fraction of sp³-hybridized carbons (Fsp3) is 0.481. The summed E-state index contributed by atoms with van der Waals surface area (Å²) < 4.78 is 12.3. The van der Waals surface area contributed by atoms with Crippen LogP contribution in [0, 0.1) is 37.0 Å². The number of nitriles is 1. The number of ketones is 3. The number of ether oxygens (including phenoxy) is 2. The van der Waals surface area contributed by atoms with Gasteiger partial charge in [0.05, 0.1) is 29.1 Å². The number of fused-ring (bicyclic) bond motifs is 5. The lowest BCUT2D eigenvalue weighted by Gasteiger charge is -2.32. The predicted octanol–water partition coefficient (Wildman–Crippen LogP) is 6.86. The molecule has 15 nitrogen and oxygen atoms in total. The number of amides is 2. The van der Waals surface area contributed by atoms with E-state index < -0.39 is 41.5 Å². The summed E-state index contributed by atoms with van der Waals surface area (Å²) in [4.78, 5) is 82.1. The van der Waals surface area contributed by atoms with Gasteiger partial charge in [0.15, 0.2) is 23.2 Å². The number of carbonyl (C=O) groups is 5. The van der Waals surface area contributed by atoms with Crippen LogP contribution >= 0.6 is 0 Å². The number of hydrogen-bond donors (Lipinski definition) is 4. The molecule has 2 amide bonds. The van der Waals surface area contributed by atoms with Crippen LogP contribution in [0.15, 0.2) is 60.7 Å². The highest BCUT2D eigenvalue weighted by Crippen LogP contribution is 2.41. The van der Waals surface area contributed by atoms with Crippen molar-refractivity contribution in [3.63, 3.8) is 0 Å². The van der Waals surface area contributed by atoms with Crippen LogP contribution in [0.1, 0.15) is 123 Å². The lowest BCUT2D eigenvalue weighted by atomic mass is 9.88. The molecular formula is C54H70N8O7. The summed E-state index contributed by atoms with van der Waals surface area (Å²) in [7, 11) is 1.51. The van der Waals surface area contributed by atoms with Crippen LogP contribution in [0.3, 0.4) is 0 Å². The highest BCUT2D eigenvalue weighted by Gasteiger charge is 2.36. The Kier molecular flexibility index (Phi) is 20.5. The van der Waals surface area contributed by atoms with Crippen molar-refractivity contribution in [1.82, 2.24) is 20.2 Å². The van der Waals surface area contributed by atoms with Crippen LogP contribution in [-0.4, -0.2) is 90.0 Å². The van der Waals surface area contributed by atoms with Crippen molar-refractivity contribution in [2.45, 2.75) is 117 Å². The van der Waals surface area contributed by atoms with Gasteiger partial charge in [-0.25, -0.2) is 9.97 Å². The second-order valence-electron chi connectivity index (χ2n) is 18.0. The summed E-state index contributed by atoms with van der Waals surface area (Å²) in [5, 5.41) is 12.1. The first-order chi connectivity index (χ1) is 33.2. The summed E-state index contributed by atoms with van der Waals surface area (Å²) in [5.74, 6) is -2.63. The molecule has 5 rings (SSSR count). The van der Waals surface area contributed by atoms with E-state index in [1.807, 2.05) is 24.3 Å². The molecule has 0 spiro atoms. The Bertz CT molecular complexity index is 2440. The Morgan fingerprint density at radius 2 is 1.49 bits per heavy atom. The van der Waals surface area contributed by atoms with Gasteiger partial charge in [0.2, 0.25) is 11.8 Å². The number of nitrogens with zero attached hydrogens (tertiary/aromatic N) is 4. The average molecular weight is 943 g/mol. The third kappa shape index (κ3) is 14.4. The van der Waals surface area contributed by atoms with Crippen LogP contribution in [0.2, 0.25) is 0 Å². The standard InChI is InChI=1S/C54H70N8O7/c1-6-7-8-9-10-12-37-14-17-39(18-15-37)52-59-35(3)50(36(4)60-52)46(64)33-41(22-24-56)54(67)62(5)51-40-19-21-49(69-28-26-58)43(32-40)42-30-38(16-20-48(42)68-27-25-57)31-44(45(63)13-11-23-55)61-53(66)34(2)29-47(51)65/h14-21,30,32,34,41,44,51H,6-13,22,24-29,31,33,56-58H2,1-5H3,(H,61,66)/t34-,41-,44+,51+/m1/s1. The van der Waals surface area contributed by atoms with Gasteiger partial charge in [0.1, 0.15) is 30.8 Å². The van der Waals surface area contributed by atoms with Crippen molar-refractivity contribution in [2.24, 2.45) is 29.0 Å². The normalized spacial score (nSPS) is 16.4. The molecule has 3 aromatic carbocycles. The number of likely N-dealkylation sites (N-methyl/N-ethyl adjacent to an activating group) is 1. The second kappa shape index (κ2) is 26.4. The molecule has 4 atom stereocenters. The van der Waals surface area contributed by atoms with Crippen molar-refractivity contribution >= 4 is 29.2 Å². The highest BCUT2D eigenvalue weighted by molar-refractivity contribution is 6.01. The van der Waals surface area contributed by atoms with Gasteiger partial charge in [-0.15, -0.1) is 0 Å². The van der Waals surface area contributed by atoms with Gasteiger partial charge in [-0.2, -0.15) is 5.26 Å². The lowest BCUT2D eigenvalue weighted by molar-refractivity contribution is -0.142. The molecule has 4 bridgehead atoms. The van der Waals surface area contributed by atoms with E-state index in [4.69, 9.17) is 36.6 Å². The van der Waals surface area contributed by atoms with E-state index in [1.165, 1.54) is 43.2 Å². The van der Waals surface area contributed by atoms with Gasteiger partial charge in [-0.05, 0) is 87.0 Å². The lowest BCUT2D eigenvalue weighted by Crippen LogP contribution is -2.46. The van der Waals surface area contributed by atoms with Crippen LogP contribution in [0.4, 0.5) is 0 Å². The fourth-order valence-electron chi connectivity index (χ4n) is 8.97. The zero-order chi connectivity index (χ0) is 50.0. The number of hydrogen-bond acceptors (Lipinski definition) is 13. The number of aryl methyl sites for hydroxylation is 3. The molecule has 1 aromatic heterocycles. The topological polar surface area (TPSA) is 247 Å². The molecule has 0 fully saturated rings. The maximum absolute atomic E-state index is 14.9. The zero-order valence-electron chi connectivity index (χ0n) is 41.0. The zero-order valence-corrected chi connectivity index (χ0v) is 41.0. The molecule has 2 heterocycles. The Morgan fingerprint density at radius 1 is 0.855 bits per heavy atom. The number of unbranched alkanes of at least 4 members (excludes halogenated alkanes) is 4. The molecule has 0 saturated heterocycles. The number of Topliss-reactive ketones (excluding diaryl/α,β-unsaturated/α-hetero) is 3. The van der Waals surface area contributed by atoms with Crippen molar-refractivity contribution < 1.29 is 33.4 Å². The summed E-state index contributed by atoms with van der Waals surface area (Å²) in [6, 6.07) is 18.5. The Morgan fingerprint density at radius 3 is 2.12 bits per heavy atom. The SMILES string of the molecule is CCCCCCCc1ccc(-c2nc(C)c(C(=O)C[C@@H](CCN)C(=O)N(C)[C@@H]3C(=O)C[C@@H](C)C(=O)N[C@H](C(=O)CCC#N)Cc4ccc(OCCN)c(c4)-c4cc3ccc4OCCN)c(C)n2)cc1. The number of aromatic nitrogens is 2. The maximum Gasteiger partial charge on any atom is 0.226 e. The molecule has 0 unspecified atom stereocenters. The number of rotatable bonds is 23. The summed E-state index contributed by atoms with van der Waals surface area (Å²) in [6.45, 7) is 8.18. The summed E-state index contributed by atoms with van der Waals surface area (Å²) in [6.07, 6.45) is 6.68. The molecule has 4 aromatic rings. The molecule has 0 aliphatic carbocycles. The van der Waals surface area contributed by atoms with Gasteiger partial charge in [-0.3, -0.25) is 24.0 Å². The van der Waals surface area contributed by atoms with Crippen molar-refractivity contribution in [2.75, 3.05) is 39.9 Å². The number of carbonyl (C=O) groups excluding carboxylic acids is 5. The van der Waals surface area contributed by atoms with Gasteiger partial charge in [-0.1, -0.05) is 75.9 Å². The van der Waals surface area contributed by atoms with Gasteiger partial charge in [0, 0.05) is 74.3 Å². The molecule has 0 radical (unpaired) electrons. The van der Waals surface area contributed by atoms with E-state index in [-0.39, 0.29) is 82.9 Å². The van der Waals surface area contributed by atoms with E-state index in [2.05, 4.69) is 24.4 Å². The van der Waals surface area contributed by atoms with Crippen molar-refractivity contribution in [3.8, 4) is 40.1 Å². The minimum absolute atomic E-state index is 0.0304. The largest absolute Gasteiger partial charge is 0.492 e. The van der Waals surface area contributed by atoms with Crippen LogP contribution < -0.4 is 32.0 Å². The van der Waals surface area contributed by atoms with Crippen LogP contribution in [0.5, 0.6) is 11.5 Å². The highest BCUT2D eigenvalue weighted by atomic mass is 16.5. The minimum atomic E-state index is -1.24. The molecule has 15 heteroatoms. The smallest absolute Gasteiger partial charge is 0.226 e. The van der Waals surface area contributed by atoms with Gasteiger partial charge in [0.25, 0.3) is 0 Å². The minimum Gasteiger partial charge on any atom is -0.492 e. The number of benzene rings is 3. The van der Waals surface area contributed by atoms with E-state index in [1.54, 1.807) is 51.1 Å². The van der Waals surface area contributed by atoms with Crippen molar-refractivity contribution in [1.29, 1.82) is 5.26 Å². The first-order valence-corrected chi connectivity index (χ1v) is 24.3. The first-order valence-electron chi connectivity index (χ1n) is 24.3. The van der Waals surface area contributed by atoms with E-state index in [0.717, 1.165) is 18.4 Å². The number of nitrogens with one attached hydrogen (secondary N) is 1. The Labute approximate surface area is 406 Å². The molecule has 7 N–H and O–H groups in total. The van der Waals surface area contributed by atoms with E-state index in [9.17, 15) is 29.2 Å². The molecule has 1 aliphatic heterocycles. The molecule has 368 valence electrons. The summed E-state index contributed by atoms with van der Waals surface area (Å²) >= 11 is 0. The monoisotopic (exact) mass is 943 g/mol. The predicted molar refractivity (Wildman–Crippen MR) is 266 cm³/mol. The molecule has 0 saturated carbocycles. The Balaban J connectivity index is 1.51. The molecule has 1 aliphatic rings. The summed E-state index contributed by atoms with van der Waals surface area (Å²) in [5.41, 5.74) is 23.4. The third-order valence-corrected chi connectivity index (χ3v) is 12.7. The van der Waals surface area contributed by atoms with Crippen LogP contribution in [-0.2, 0) is 32.0 Å². The quantitative estimate of drug-likeness (QED) is 0.0439. The second-order valence-corrected chi connectivity index (χ2v) is 18.0. The van der Waals surface area contributed by atoms with E-state index >= 15 is 0 Å².